The van der Waals surface area contributed by atoms with Gasteiger partial charge in [-0.25, -0.2) is 17.8 Å². The molecular formula is C25H32FN5O3S. The molecule has 0 amide bonds. The maximum absolute atomic E-state index is 14.9. The minimum absolute atomic E-state index is 0. The van der Waals surface area contributed by atoms with E-state index >= 15 is 0 Å². The molecule has 188 valence electrons. The number of carbonyl (C=O) groups excluding carboxylic acids is 1. The van der Waals surface area contributed by atoms with E-state index in [4.69, 9.17) is 0 Å². The molecule has 4 rings (SSSR count). The van der Waals surface area contributed by atoms with Gasteiger partial charge in [0.1, 0.15) is 5.65 Å². The summed E-state index contributed by atoms with van der Waals surface area (Å²) in [6.07, 6.45) is 10.7. The van der Waals surface area contributed by atoms with E-state index < -0.39 is 21.6 Å². The van der Waals surface area contributed by atoms with E-state index in [-0.39, 0.29) is 18.7 Å². The minimum atomic E-state index is -3.67. The number of carbonyl (C=O) groups is 1. The maximum atomic E-state index is 14.9. The fourth-order valence-corrected chi connectivity index (χ4v) is 3.70. The van der Waals surface area contributed by atoms with Gasteiger partial charge in [0.25, 0.3) is 0 Å². The van der Waals surface area contributed by atoms with E-state index in [1.54, 1.807) is 37.9 Å². The second-order valence-electron chi connectivity index (χ2n) is 7.21. The molecule has 0 saturated heterocycles. The van der Waals surface area contributed by atoms with Gasteiger partial charge in [-0.3, -0.25) is 19.5 Å². The summed E-state index contributed by atoms with van der Waals surface area (Å²) < 4.78 is 39.9. The fourth-order valence-electron chi connectivity index (χ4n) is 3.15. The number of nitrogens with zero attached hydrogens (tertiary/aromatic N) is 3. The molecule has 0 radical (unpaired) electrons. The van der Waals surface area contributed by atoms with Crippen LogP contribution in [0.15, 0.2) is 49.3 Å². The first-order valence-corrected chi connectivity index (χ1v) is 12.4. The number of aromatic nitrogens is 4. The van der Waals surface area contributed by atoms with Crippen LogP contribution in [0.25, 0.3) is 11.0 Å². The zero-order valence-electron chi connectivity index (χ0n) is 20.0. The number of H-pyrrole nitrogens is 1. The number of fused-ring (bicyclic) bond motifs is 1. The summed E-state index contributed by atoms with van der Waals surface area (Å²) in [5.41, 5.74) is 2.62. The number of benzene rings is 1. The molecule has 1 aromatic carbocycles. The number of hydrogen-bond acceptors (Lipinski definition) is 6. The van der Waals surface area contributed by atoms with E-state index in [0.29, 0.717) is 22.2 Å². The van der Waals surface area contributed by atoms with Gasteiger partial charge < -0.3 is 4.98 Å². The highest BCUT2D eigenvalue weighted by Crippen LogP contribution is 2.29. The Labute approximate surface area is 206 Å². The van der Waals surface area contributed by atoms with Crippen molar-refractivity contribution in [2.45, 2.75) is 42.0 Å². The van der Waals surface area contributed by atoms with Crippen molar-refractivity contribution in [3.05, 3.63) is 82.9 Å². The number of rotatable bonds is 4. The quantitative estimate of drug-likeness (QED) is 0.363. The van der Waals surface area contributed by atoms with Crippen LogP contribution in [0.2, 0.25) is 0 Å². The normalized spacial score (nSPS) is 10.3. The average molecular weight is 502 g/mol. The molecule has 0 saturated carbocycles. The van der Waals surface area contributed by atoms with Crippen LogP contribution in [0, 0.1) is 26.6 Å². The largest absolute Gasteiger partial charge is 0.345 e. The first kappa shape index (κ1) is 29.4. The zero-order valence-corrected chi connectivity index (χ0v) is 20.8. The molecule has 4 aromatic rings. The Bertz CT molecular complexity index is 1360. The summed E-state index contributed by atoms with van der Waals surface area (Å²) >= 11 is 0. The number of aromatic amines is 1. The molecule has 0 fully saturated rings. The Balaban J connectivity index is 0.000000586. The number of sulfonamides is 1. The molecule has 0 aliphatic heterocycles. The Morgan fingerprint density at radius 2 is 1.57 bits per heavy atom. The van der Waals surface area contributed by atoms with E-state index in [2.05, 4.69) is 24.7 Å². The van der Waals surface area contributed by atoms with Crippen LogP contribution in [0.3, 0.4) is 0 Å². The van der Waals surface area contributed by atoms with E-state index in [1.165, 1.54) is 18.3 Å². The molecule has 3 heterocycles. The van der Waals surface area contributed by atoms with Gasteiger partial charge in [-0.1, -0.05) is 27.3 Å². The van der Waals surface area contributed by atoms with Crippen LogP contribution in [0.1, 0.15) is 53.9 Å². The lowest BCUT2D eigenvalue weighted by molar-refractivity contribution is 0.103. The van der Waals surface area contributed by atoms with Crippen molar-refractivity contribution < 1.29 is 17.6 Å². The van der Waals surface area contributed by atoms with E-state index in [0.717, 1.165) is 17.4 Å². The number of halogens is 1. The summed E-state index contributed by atoms with van der Waals surface area (Å²) in [4.78, 5) is 27.7. The van der Waals surface area contributed by atoms with Gasteiger partial charge in [0, 0.05) is 48.1 Å². The predicted molar refractivity (Wildman–Crippen MR) is 139 cm³/mol. The summed E-state index contributed by atoms with van der Waals surface area (Å²) in [7, 11) is -3.67. The molecule has 0 aliphatic rings. The van der Waals surface area contributed by atoms with E-state index in [9.17, 15) is 17.6 Å². The highest BCUT2D eigenvalue weighted by Gasteiger charge is 2.24. The van der Waals surface area contributed by atoms with Crippen LogP contribution in [0.5, 0.6) is 0 Å². The second-order valence-corrected chi connectivity index (χ2v) is 8.96. The molecule has 0 spiro atoms. The van der Waals surface area contributed by atoms with Crippen LogP contribution in [-0.4, -0.2) is 40.4 Å². The van der Waals surface area contributed by atoms with Crippen LogP contribution in [0.4, 0.5) is 10.1 Å². The highest BCUT2D eigenvalue weighted by atomic mass is 32.2. The molecule has 0 aliphatic carbocycles. The van der Waals surface area contributed by atoms with Crippen molar-refractivity contribution >= 4 is 32.5 Å². The predicted octanol–water partition coefficient (Wildman–Crippen LogP) is 5.37. The van der Waals surface area contributed by atoms with E-state index in [1.807, 2.05) is 27.7 Å². The lowest BCUT2D eigenvalue weighted by Crippen LogP contribution is -2.14. The molecule has 10 heteroatoms. The van der Waals surface area contributed by atoms with Gasteiger partial charge >= 0.3 is 0 Å². The zero-order chi connectivity index (χ0) is 25.5. The van der Waals surface area contributed by atoms with Gasteiger partial charge in [0.2, 0.25) is 10.0 Å². The molecular weight excluding hydrogens is 469 g/mol. The van der Waals surface area contributed by atoms with Crippen molar-refractivity contribution in [3.63, 3.8) is 0 Å². The standard InChI is InChI=1S/C18H18FN3O3S.C4H4N2.C2H6.CH4/c1-9-5-6-13(22-26(4,24)25)16(19)14(9)17(23)12-8-21-18-15(12)11(3)10(2)7-20-18;1-2-6-4-3-5-1;1-2;/h5-8,22H,1-4H3,(H,20,21);1-4H;1-2H3;1H4. The highest BCUT2D eigenvalue weighted by molar-refractivity contribution is 7.92. The molecule has 8 nitrogen and oxygen atoms in total. The number of nitrogens with one attached hydrogen (secondary N) is 2. The van der Waals surface area contributed by atoms with Crippen LogP contribution in [-0.2, 0) is 10.0 Å². The number of pyridine rings is 1. The van der Waals surface area contributed by atoms with Gasteiger partial charge in [0.05, 0.1) is 17.5 Å². The summed E-state index contributed by atoms with van der Waals surface area (Å²) in [5, 5.41) is 0.635. The smallest absolute Gasteiger partial charge is 0.229 e. The average Bonchev–Trinajstić information content (AvgIpc) is 3.25. The van der Waals surface area contributed by atoms with Crippen molar-refractivity contribution in [1.29, 1.82) is 0 Å². The fraction of sp³-hybridized carbons (Fsp3) is 0.280. The van der Waals surface area contributed by atoms with Gasteiger partial charge in [-0.15, -0.1) is 0 Å². The summed E-state index contributed by atoms with van der Waals surface area (Å²) in [6.45, 7) is 9.35. The molecule has 2 N–H and O–H groups in total. The topological polar surface area (TPSA) is 118 Å². The molecule has 0 unspecified atom stereocenters. The van der Waals surface area contributed by atoms with Crippen LogP contribution < -0.4 is 4.72 Å². The van der Waals surface area contributed by atoms with Gasteiger partial charge in [-0.05, 0) is 43.5 Å². The third-order valence-corrected chi connectivity index (χ3v) is 5.40. The van der Waals surface area contributed by atoms with Crippen molar-refractivity contribution in [2.24, 2.45) is 0 Å². The third kappa shape index (κ3) is 7.16. The Morgan fingerprint density at radius 3 is 2.09 bits per heavy atom. The number of ketones is 1. The first-order valence-electron chi connectivity index (χ1n) is 10.5. The SMILES string of the molecule is C.CC.Cc1ccc(NS(C)(=O)=O)c(F)c1C(=O)c1c[nH]c2ncc(C)c(C)c12.c1cnccn1. The lowest BCUT2D eigenvalue weighted by Gasteiger charge is -2.12. The third-order valence-electron chi connectivity index (χ3n) is 4.81. The van der Waals surface area contributed by atoms with Crippen molar-refractivity contribution in [3.8, 4) is 0 Å². The molecule has 0 atom stereocenters. The number of anilines is 1. The number of hydrogen-bond donors (Lipinski definition) is 2. The maximum Gasteiger partial charge on any atom is 0.229 e. The van der Waals surface area contributed by atoms with Crippen molar-refractivity contribution in [1.82, 2.24) is 19.9 Å². The first-order chi connectivity index (χ1) is 16.1. The molecule has 35 heavy (non-hydrogen) atoms. The van der Waals surface area contributed by atoms with Gasteiger partial charge in [-0.2, -0.15) is 0 Å². The minimum Gasteiger partial charge on any atom is -0.345 e. The Hall–Kier alpha value is -3.66. The number of aryl methyl sites for hydroxylation is 3. The lowest BCUT2D eigenvalue weighted by atomic mass is 9.96. The van der Waals surface area contributed by atoms with Gasteiger partial charge in [0.15, 0.2) is 11.6 Å². The Morgan fingerprint density at radius 1 is 1.00 bits per heavy atom. The van der Waals surface area contributed by atoms with Crippen molar-refractivity contribution in [2.75, 3.05) is 11.0 Å². The van der Waals surface area contributed by atoms with Crippen LogP contribution >= 0.6 is 0 Å². The molecule has 3 aromatic heterocycles. The molecule has 0 bridgehead atoms. The second kappa shape index (κ2) is 12.7. The Kier molecular flexibility index (Phi) is 10.7. The summed E-state index contributed by atoms with van der Waals surface area (Å²) in [6, 6.07) is 2.81. The monoisotopic (exact) mass is 501 g/mol. The summed E-state index contributed by atoms with van der Waals surface area (Å²) in [5.74, 6) is -1.42.